The molecule has 0 spiro atoms. The van der Waals surface area contributed by atoms with Crippen molar-refractivity contribution in [3.8, 4) is 0 Å². The zero-order valence-electron chi connectivity index (χ0n) is 9.97. The van der Waals surface area contributed by atoms with Crippen molar-refractivity contribution >= 4 is 16.2 Å². The molecular formula is C9H18N2O5S. The Hall–Kier alpha value is -0.700. The molecule has 7 nitrogen and oxygen atoms in total. The first kappa shape index (κ1) is 14.4. The molecule has 2 N–H and O–H groups in total. The van der Waals surface area contributed by atoms with Crippen LogP contribution >= 0.6 is 0 Å². The van der Waals surface area contributed by atoms with Crippen LogP contribution in [0.15, 0.2) is 0 Å². The van der Waals surface area contributed by atoms with Crippen LogP contribution in [0.3, 0.4) is 0 Å². The molecule has 100 valence electrons. The zero-order chi connectivity index (χ0) is 13.1. The third kappa shape index (κ3) is 4.23. The first-order chi connectivity index (χ1) is 7.75. The number of carboxylic acid groups (broad SMARTS) is 1. The second kappa shape index (κ2) is 5.30. The average molecular weight is 266 g/mol. The van der Waals surface area contributed by atoms with E-state index in [2.05, 4.69) is 4.72 Å². The minimum Gasteiger partial charge on any atom is -0.481 e. The molecule has 0 aliphatic carbocycles. The lowest BCUT2D eigenvalue weighted by atomic mass is 10.0. The van der Waals surface area contributed by atoms with E-state index in [1.807, 2.05) is 0 Å². The lowest BCUT2D eigenvalue weighted by Crippen LogP contribution is -2.51. The predicted octanol–water partition coefficient (Wildman–Crippen LogP) is -0.594. The molecule has 0 bridgehead atoms. The summed E-state index contributed by atoms with van der Waals surface area (Å²) >= 11 is 0. The van der Waals surface area contributed by atoms with Crippen LogP contribution in [-0.2, 0) is 19.7 Å². The number of nitrogens with one attached hydrogen (secondary N) is 1. The Bertz CT molecular complexity index is 375. The van der Waals surface area contributed by atoms with Crippen molar-refractivity contribution < 1.29 is 23.1 Å². The summed E-state index contributed by atoms with van der Waals surface area (Å²) in [7, 11) is -2.31. The molecule has 1 aliphatic heterocycles. The van der Waals surface area contributed by atoms with E-state index in [-0.39, 0.29) is 13.0 Å². The van der Waals surface area contributed by atoms with Gasteiger partial charge in [-0.15, -0.1) is 0 Å². The Balaban J connectivity index is 2.58. The standard InChI is InChI=1S/C9H18N2O5S/c1-9(4-6-16-7-9)10-17(14,15)11(2)5-3-8(12)13/h10H,3-7H2,1-2H3,(H,12,13). The van der Waals surface area contributed by atoms with Gasteiger partial charge in [-0.2, -0.15) is 17.4 Å². The van der Waals surface area contributed by atoms with Crippen LogP contribution in [0.4, 0.5) is 0 Å². The van der Waals surface area contributed by atoms with Gasteiger partial charge >= 0.3 is 5.97 Å². The number of ether oxygens (including phenoxy) is 1. The van der Waals surface area contributed by atoms with Crippen molar-refractivity contribution in [2.75, 3.05) is 26.8 Å². The van der Waals surface area contributed by atoms with E-state index in [4.69, 9.17) is 9.84 Å². The summed E-state index contributed by atoms with van der Waals surface area (Å²) < 4.78 is 32.4. The van der Waals surface area contributed by atoms with Crippen molar-refractivity contribution in [1.82, 2.24) is 9.03 Å². The third-order valence-electron chi connectivity index (χ3n) is 2.65. The van der Waals surface area contributed by atoms with Crippen LogP contribution in [0.1, 0.15) is 19.8 Å². The second-order valence-corrected chi connectivity index (χ2v) is 6.21. The molecular weight excluding hydrogens is 248 g/mol. The summed E-state index contributed by atoms with van der Waals surface area (Å²) in [6.07, 6.45) is 0.392. The van der Waals surface area contributed by atoms with Gasteiger partial charge in [-0.3, -0.25) is 4.79 Å². The first-order valence-corrected chi connectivity index (χ1v) is 6.74. The van der Waals surface area contributed by atoms with E-state index in [9.17, 15) is 13.2 Å². The SMILES string of the molecule is CN(CCC(=O)O)S(=O)(=O)NC1(C)CCOC1. The number of nitrogens with zero attached hydrogens (tertiary/aromatic N) is 1. The fourth-order valence-electron chi connectivity index (χ4n) is 1.51. The van der Waals surface area contributed by atoms with Crippen molar-refractivity contribution in [3.63, 3.8) is 0 Å². The van der Waals surface area contributed by atoms with Gasteiger partial charge in [0.25, 0.3) is 10.2 Å². The summed E-state index contributed by atoms with van der Waals surface area (Å²) in [4.78, 5) is 10.4. The molecule has 1 aliphatic rings. The Morgan fingerprint density at radius 2 is 2.24 bits per heavy atom. The molecule has 17 heavy (non-hydrogen) atoms. The maximum absolute atomic E-state index is 11.9. The quantitative estimate of drug-likeness (QED) is 0.669. The van der Waals surface area contributed by atoms with Crippen LogP contribution in [0.5, 0.6) is 0 Å². The maximum Gasteiger partial charge on any atom is 0.304 e. The molecule has 1 heterocycles. The molecule has 0 amide bonds. The Morgan fingerprint density at radius 3 is 2.71 bits per heavy atom. The smallest absolute Gasteiger partial charge is 0.304 e. The highest BCUT2D eigenvalue weighted by atomic mass is 32.2. The molecule has 0 radical (unpaired) electrons. The fraction of sp³-hybridized carbons (Fsp3) is 0.889. The highest BCUT2D eigenvalue weighted by molar-refractivity contribution is 7.87. The fourth-order valence-corrected chi connectivity index (χ4v) is 2.78. The molecule has 0 saturated carbocycles. The molecule has 1 saturated heterocycles. The molecule has 1 atom stereocenters. The summed E-state index contributed by atoms with van der Waals surface area (Å²) in [6.45, 7) is 2.57. The molecule has 8 heteroatoms. The van der Waals surface area contributed by atoms with E-state index in [0.29, 0.717) is 19.6 Å². The van der Waals surface area contributed by atoms with Gasteiger partial charge in [0, 0.05) is 20.2 Å². The lowest BCUT2D eigenvalue weighted by Gasteiger charge is -2.26. The molecule has 1 fully saturated rings. The maximum atomic E-state index is 11.9. The molecule has 1 rings (SSSR count). The highest BCUT2D eigenvalue weighted by Gasteiger charge is 2.35. The normalized spacial score (nSPS) is 25.4. The van der Waals surface area contributed by atoms with Crippen molar-refractivity contribution in [3.05, 3.63) is 0 Å². The van der Waals surface area contributed by atoms with Gasteiger partial charge in [-0.1, -0.05) is 0 Å². The minimum atomic E-state index is -3.66. The minimum absolute atomic E-state index is 0.0540. The van der Waals surface area contributed by atoms with Gasteiger partial charge in [0.15, 0.2) is 0 Å². The Labute approximate surface area is 101 Å². The predicted molar refractivity (Wildman–Crippen MR) is 60.8 cm³/mol. The third-order valence-corrected chi connectivity index (χ3v) is 4.40. The van der Waals surface area contributed by atoms with Gasteiger partial charge < -0.3 is 9.84 Å². The largest absolute Gasteiger partial charge is 0.481 e. The van der Waals surface area contributed by atoms with Gasteiger partial charge in [0.2, 0.25) is 0 Å². The van der Waals surface area contributed by atoms with E-state index in [1.165, 1.54) is 7.05 Å². The van der Waals surface area contributed by atoms with Crippen LogP contribution in [0, 0.1) is 0 Å². The summed E-state index contributed by atoms with van der Waals surface area (Å²) in [5.74, 6) is -1.03. The number of hydrogen-bond acceptors (Lipinski definition) is 4. The summed E-state index contributed by atoms with van der Waals surface area (Å²) in [6, 6.07) is 0. The van der Waals surface area contributed by atoms with Gasteiger partial charge in [0.1, 0.15) is 0 Å². The van der Waals surface area contributed by atoms with Crippen molar-refractivity contribution in [1.29, 1.82) is 0 Å². The van der Waals surface area contributed by atoms with E-state index < -0.39 is 21.7 Å². The van der Waals surface area contributed by atoms with Gasteiger partial charge in [-0.05, 0) is 13.3 Å². The van der Waals surface area contributed by atoms with Crippen molar-refractivity contribution in [2.24, 2.45) is 0 Å². The van der Waals surface area contributed by atoms with Crippen LogP contribution in [-0.4, -0.2) is 56.1 Å². The molecule has 0 aromatic heterocycles. The number of carboxylic acids is 1. The number of carbonyl (C=O) groups is 1. The second-order valence-electron chi connectivity index (χ2n) is 4.44. The number of hydrogen-bond donors (Lipinski definition) is 2. The molecule has 0 aromatic rings. The topological polar surface area (TPSA) is 95.9 Å². The van der Waals surface area contributed by atoms with E-state index >= 15 is 0 Å². The monoisotopic (exact) mass is 266 g/mol. The van der Waals surface area contributed by atoms with Crippen LogP contribution < -0.4 is 4.72 Å². The molecule has 0 aromatic carbocycles. The Kier molecular flexibility index (Phi) is 4.48. The van der Waals surface area contributed by atoms with E-state index in [1.54, 1.807) is 6.92 Å². The number of aliphatic carboxylic acids is 1. The zero-order valence-corrected chi connectivity index (χ0v) is 10.8. The summed E-state index contributed by atoms with van der Waals surface area (Å²) in [5, 5.41) is 8.50. The van der Waals surface area contributed by atoms with Gasteiger partial charge in [-0.25, -0.2) is 0 Å². The van der Waals surface area contributed by atoms with Crippen LogP contribution in [0.25, 0.3) is 0 Å². The average Bonchev–Trinajstić information content (AvgIpc) is 2.59. The highest BCUT2D eigenvalue weighted by Crippen LogP contribution is 2.19. The first-order valence-electron chi connectivity index (χ1n) is 5.30. The number of rotatable bonds is 6. The van der Waals surface area contributed by atoms with E-state index in [0.717, 1.165) is 4.31 Å². The lowest BCUT2D eigenvalue weighted by molar-refractivity contribution is -0.137. The van der Waals surface area contributed by atoms with Gasteiger partial charge in [0.05, 0.1) is 18.6 Å². The van der Waals surface area contributed by atoms with Crippen LogP contribution in [0.2, 0.25) is 0 Å². The molecule has 1 unspecified atom stereocenters. The van der Waals surface area contributed by atoms with Crippen molar-refractivity contribution in [2.45, 2.75) is 25.3 Å². The summed E-state index contributed by atoms with van der Waals surface area (Å²) in [5.41, 5.74) is -0.601. The Morgan fingerprint density at radius 1 is 1.59 bits per heavy atom.